The van der Waals surface area contributed by atoms with E-state index in [1.807, 2.05) is 0 Å². The van der Waals surface area contributed by atoms with Crippen molar-refractivity contribution in [2.24, 2.45) is 5.41 Å². The number of fused-ring (bicyclic) bond motifs is 1. The zero-order valence-electron chi connectivity index (χ0n) is 13.1. The second kappa shape index (κ2) is 3.82. The van der Waals surface area contributed by atoms with Crippen molar-refractivity contribution in [2.45, 2.75) is 19.1 Å². The molecule has 1 aliphatic heterocycles. The second-order valence-corrected chi connectivity index (χ2v) is 4.35. The van der Waals surface area contributed by atoms with Gasteiger partial charge in [0.2, 0.25) is 0 Å². The number of amides is 1. The van der Waals surface area contributed by atoms with Gasteiger partial charge in [-0.3, -0.25) is 4.79 Å². The number of ether oxygens (including phenoxy) is 1. The Morgan fingerprint density at radius 3 is 3.00 bits per heavy atom. The first-order chi connectivity index (χ1) is 9.68. The van der Waals surface area contributed by atoms with Crippen LogP contribution in [0.5, 0.6) is 0 Å². The summed E-state index contributed by atoms with van der Waals surface area (Å²) in [7, 11) is 0. The zero-order valence-corrected chi connectivity index (χ0v) is 9.06. The average Bonchev–Trinajstić information content (AvgIpc) is 3.14. The van der Waals surface area contributed by atoms with E-state index in [0.717, 1.165) is 0 Å². The van der Waals surface area contributed by atoms with E-state index >= 15 is 0 Å². The highest BCUT2D eigenvalue weighted by atomic mass is 16.5. The first-order valence-corrected chi connectivity index (χ1v) is 5.48. The van der Waals surface area contributed by atoms with Crippen LogP contribution in [0.1, 0.15) is 40.5 Å². The van der Waals surface area contributed by atoms with Gasteiger partial charge in [0, 0.05) is 16.5 Å². The van der Waals surface area contributed by atoms with Gasteiger partial charge in [-0.1, -0.05) is 18.2 Å². The van der Waals surface area contributed by atoms with E-state index < -0.39 is 24.8 Å². The van der Waals surface area contributed by atoms with Gasteiger partial charge in [-0.25, -0.2) is 0 Å². The maximum Gasteiger partial charge on any atom is 0.253 e. The number of rotatable bonds is 4. The van der Waals surface area contributed by atoms with E-state index in [1.54, 1.807) is 24.3 Å². The highest BCUT2D eigenvalue weighted by molar-refractivity contribution is 5.98. The highest BCUT2D eigenvalue weighted by Crippen LogP contribution is 2.46. The van der Waals surface area contributed by atoms with Gasteiger partial charge in [0.25, 0.3) is 5.91 Å². The van der Waals surface area contributed by atoms with Gasteiger partial charge in [0.1, 0.15) is 0 Å². The van der Waals surface area contributed by atoms with Crippen molar-refractivity contribution in [1.82, 2.24) is 5.32 Å². The minimum Gasteiger partial charge on any atom is -0.396 e. The molecule has 2 aliphatic rings. The summed E-state index contributed by atoms with van der Waals surface area (Å²) in [4.78, 5) is 11.8. The summed E-state index contributed by atoms with van der Waals surface area (Å²) in [6.07, 6.45) is -0.610. The van der Waals surface area contributed by atoms with Gasteiger partial charge in [0.15, 0.2) is 6.23 Å². The summed E-state index contributed by atoms with van der Waals surface area (Å²) >= 11 is 0. The lowest BCUT2D eigenvalue weighted by molar-refractivity contribution is -0.00484. The molecule has 1 atom stereocenters. The van der Waals surface area contributed by atoms with Gasteiger partial charge >= 0.3 is 0 Å². The summed E-state index contributed by atoms with van der Waals surface area (Å²) in [6, 6.07) is 6.68. The minimum atomic E-state index is -2.68. The molecule has 1 amide bonds. The molecule has 1 heterocycles. The summed E-state index contributed by atoms with van der Waals surface area (Å²) < 4.78 is 36.2. The van der Waals surface area contributed by atoms with Crippen LogP contribution in [-0.2, 0) is 4.74 Å². The van der Waals surface area contributed by atoms with E-state index in [1.165, 1.54) is 0 Å². The van der Waals surface area contributed by atoms with Crippen molar-refractivity contribution >= 4 is 5.91 Å². The van der Waals surface area contributed by atoms with Crippen LogP contribution in [0.25, 0.3) is 0 Å². The number of hydrogen-bond donors (Lipinski definition) is 2. The second-order valence-electron chi connectivity index (χ2n) is 4.35. The molecule has 2 N–H and O–H groups in total. The molecular formula is C13H15NO3. The van der Waals surface area contributed by atoms with E-state index in [-0.39, 0.29) is 18.7 Å². The molecule has 0 radical (unpaired) electrons. The molecule has 1 unspecified atom stereocenters. The maximum absolute atomic E-state index is 11.8. The lowest BCUT2D eigenvalue weighted by atomic mass is 10.1. The number of aliphatic hydroxyl groups is 1. The lowest BCUT2D eigenvalue weighted by Gasteiger charge is -2.17. The minimum absolute atomic E-state index is 0.186. The number of benzene rings is 1. The van der Waals surface area contributed by atoms with Crippen molar-refractivity contribution in [3.05, 3.63) is 35.4 Å². The molecule has 1 aliphatic carbocycles. The van der Waals surface area contributed by atoms with E-state index in [9.17, 15) is 9.90 Å². The van der Waals surface area contributed by atoms with Crippen LogP contribution in [-0.4, -0.2) is 24.1 Å². The molecule has 1 fully saturated rings. The normalized spacial score (nSPS) is 29.5. The molecule has 0 spiro atoms. The molecular weight excluding hydrogens is 218 g/mol. The average molecular weight is 237 g/mol. The van der Waals surface area contributed by atoms with Gasteiger partial charge < -0.3 is 15.2 Å². The fourth-order valence-electron chi connectivity index (χ4n) is 1.83. The Morgan fingerprint density at radius 1 is 1.53 bits per heavy atom. The molecule has 4 heteroatoms. The molecule has 90 valence electrons. The summed E-state index contributed by atoms with van der Waals surface area (Å²) in [5, 5.41) is 12.1. The van der Waals surface area contributed by atoms with Gasteiger partial charge in [-0.05, 0) is 18.9 Å². The van der Waals surface area contributed by atoms with Crippen molar-refractivity contribution in [2.75, 3.05) is 13.1 Å². The van der Waals surface area contributed by atoms with Crippen molar-refractivity contribution in [1.29, 1.82) is 0 Å². The lowest BCUT2D eigenvalue weighted by Crippen LogP contribution is -2.25. The molecule has 17 heavy (non-hydrogen) atoms. The van der Waals surface area contributed by atoms with Gasteiger partial charge in [0.05, 0.1) is 18.6 Å². The molecule has 1 aromatic carbocycles. The van der Waals surface area contributed by atoms with Gasteiger partial charge in [-0.15, -0.1) is 0 Å². The maximum atomic E-state index is 11.8. The van der Waals surface area contributed by atoms with Crippen LogP contribution >= 0.6 is 0 Å². The number of nitrogens with one attached hydrogen (secondary N) is 1. The van der Waals surface area contributed by atoms with E-state index in [4.69, 9.17) is 10.2 Å². The fraction of sp³-hybridized carbons (Fsp3) is 0.462. The molecule has 3 rings (SSSR count). The quantitative estimate of drug-likeness (QED) is 0.827. The fourth-order valence-corrected chi connectivity index (χ4v) is 1.83. The Morgan fingerprint density at radius 2 is 2.29 bits per heavy atom. The van der Waals surface area contributed by atoms with Crippen LogP contribution < -0.4 is 5.32 Å². The largest absolute Gasteiger partial charge is 0.396 e. The Balaban J connectivity index is 1.87. The predicted octanol–water partition coefficient (Wildman–Crippen LogP) is 1.22. The van der Waals surface area contributed by atoms with E-state index in [0.29, 0.717) is 11.1 Å². The van der Waals surface area contributed by atoms with Crippen LogP contribution in [0.2, 0.25) is 0 Å². The number of carbonyl (C=O) groups excluding carboxylic acids is 1. The first kappa shape index (κ1) is 7.13. The Bertz CT molecular complexity index is 595. The van der Waals surface area contributed by atoms with Crippen LogP contribution in [0.4, 0.5) is 0 Å². The standard InChI is InChI=1S/C13H15NO3/c15-7-13(5-6-13)8-17-12-10-4-2-1-3-9(10)11(16)14-12/h1-4,12,15H,5-8H2,(H,14,16)/i7D2,8D2. The van der Waals surface area contributed by atoms with Crippen LogP contribution in [0, 0.1) is 5.41 Å². The molecule has 4 nitrogen and oxygen atoms in total. The monoisotopic (exact) mass is 237 g/mol. The zero-order chi connectivity index (χ0) is 15.5. The van der Waals surface area contributed by atoms with Crippen molar-refractivity contribution < 1.29 is 20.1 Å². The van der Waals surface area contributed by atoms with Gasteiger partial charge in [-0.2, -0.15) is 0 Å². The van der Waals surface area contributed by atoms with Crippen LogP contribution in [0.15, 0.2) is 24.3 Å². The molecule has 0 saturated heterocycles. The topological polar surface area (TPSA) is 58.6 Å². The number of hydrogen-bond acceptors (Lipinski definition) is 3. The molecule has 1 saturated carbocycles. The SMILES string of the molecule is [2H]C([2H])(O)C1(C([2H])([2H])OC2NC(=O)c3ccccc32)CC1. The van der Waals surface area contributed by atoms with Crippen molar-refractivity contribution in [3.63, 3.8) is 0 Å². The van der Waals surface area contributed by atoms with E-state index in [2.05, 4.69) is 5.32 Å². The summed E-state index contributed by atoms with van der Waals surface area (Å²) in [6.45, 7) is -5.08. The Kier molecular flexibility index (Phi) is 1.60. The first-order valence-electron chi connectivity index (χ1n) is 7.48. The third kappa shape index (κ3) is 1.83. The molecule has 1 aromatic rings. The Labute approximate surface area is 105 Å². The smallest absolute Gasteiger partial charge is 0.253 e. The van der Waals surface area contributed by atoms with Crippen molar-refractivity contribution in [3.8, 4) is 0 Å². The third-order valence-electron chi connectivity index (χ3n) is 3.09. The highest BCUT2D eigenvalue weighted by Gasteiger charge is 2.43. The Hall–Kier alpha value is -1.39. The third-order valence-corrected chi connectivity index (χ3v) is 3.09. The summed E-state index contributed by atoms with van der Waals surface area (Å²) in [5.41, 5.74) is -0.668. The van der Waals surface area contributed by atoms with Crippen LogP contribution in [0.3, 0.4) is 0 Å². The molecule has 0 aromatic heterocycles. The predicted molar refractivity (Wildman–Crippen MR) is 61.4 cm³/mol. The summed E-state index contributed by atoms with van der Waals surface area (Å²) in [5.74, 6) is -0.358. The number of carbonyl (C=O) groups is 1. The molecule has 0 bridgehead atoms.